The van der Waals surface area contributed by atoms with Crippen LogP contribution in [-0.2, 0) is 6.54 Å². The predicted octanol–water partition coefficient (Wildman–Crippen LogP) is 2.07. The van der Waals surface area contributed by atoms with Crippen LogP contribution in [-0.4, -0.2) is 22.9 Å². The second-order valence-electron chi connectivity index (χ2n) is 4.56. The molecule has 1 heterocycles. The molecule has 5 nitrogen and oxygen atoms in total. The van der Waals surface area contributed by atoms with Gasteiger partial charge in [0.2, 0.25) is 0 Å². The Hall–Kier alpha value is -2.43. The molecule has 0 aliphatic heterocycles. The average molecular weight is 270 g/mol. The van der Waals surface area contributed by atoms with Gasteiger partial charge in [-0.25, -0.2) is 9.97 Å². The number of aromatic nitrogens is 2. The molecule has 20 heavy (non-hydrogen) atoms. The van der Waals surface area contributed by atoms with E-state index in [1.54, 1.807) is 13.2 Å². The molecular weight excluding hydrogens is 252 g/mol. The second-order valence-corrected chi connectivity index (χ2v) is 4.56. The molecule has 0 saturated heterocycles. The Morgan fingerprint density at radius 3 is 2.75 bits per heavy atom. The summed E-state index contributed by atoms with van der Waals surface area (Å²) in [5.41, 5.74) is 3.58. The number of hydrogen-bond acceptors (Lipinski definition) is 4. The monoisotopic (exact) mass is 270 g/mol. The van der Waals surface area contributed by atoms with Gasteiger partial charge in [-0.05, 0) is 37.6 Å². The molecule has 104 valence electrons. The number of anilines is 1. The Morgan fingerprint density at radius 2 is 2.05 bits per heavy atom. The molecular formula is C15H18N4O. The van der Waals surface area contributed by atoms with Crippen molar-refractivity contribution in [2.24, 2.45) is 0 Å². The molecule has 0 unspecified atom stereocenters. The van der Waals surface area contributed by atoms with E-state index >= 15 is 0 Å². The van der Waals surface area contributed by atoms with Gasteiger partial charge in [-0.1, -0.05) is 6.07 Å². The minimum atomic E-state index is -0.0917. The van der Waals surface area contributed by atoms with Crippen LogP contribution in [0.4, 0.5) is 5.69 Å². The zero-order valence-electron chi connectivity index (χ0n) is 11.9. The van der Waals surface area contributed by atoms with E-state index in [1.165, 1.54) is 0 Å². The van der Waals surface area contributed by atoms with E-state index in [0.29, 0.717) is 12.1 Å². The summed E-state index contributed by atoms with van der Waals surface area (Å²) in [4.78, 5) is 20.0. The van der Waals surface area contributed by atoms with E-state index in [2.05, 4.69) is 20.6 Å². The van der Waals surface area contributed by atoms with Gasteiger partial charge >= 0.3 is 0 Å². The molecule has 0 aliphatic rings. The topological polar surface area (TPSA) is 66.9 Å². The first-order valence-corrected chi connectivity index (χ1v) is 6.45. The van der Waals surface area contributed by atoms with Crippen LogP contribution in [0, 0.1) is 13.8 Å². The van der Waals surface area contributed by atoms with Crippen LogP contribution >= 0.6 is 0 Å². The number of amides is 1. The molecule has 1 aromatic carbocycles. The number of aryl methyl sites for hydroxylation is 2. The minimum Gasteiger partial charge on any atom is -0.379 e. The third-order valence-corrected chi connectivity index (χ3v) is 3.02. The summed E-state index contributed by atoms with van der Waals surface area (Å²) in [5, 5.41) is 5.93. The van der Waals surface area contributed by atoms with Gasteiger partial charge in [-0.15, -0.1) is 0 Å². The van der Waals surface area contributed by atoms with Crippen LogP contribution in [0.15, 0.2) is 30.5 Å². The van der Waals surface area contributed by atoms with Gasteiger partial charge in [0.25, 0.3) is 5.91 Å². The first-order chi connectivity index (χ1) is 9.60. The van der Waals surface area contributed by atoms with E-state index in [-0.39, 0.29) is 5.91 Å². The summed E-state index contributed by atoms with van der Waals surface area (Å²) in [5.74, 6) is 0.658. The van der Waals surface area contributed by atoms with Gasteiger partial charge in [0.1, 0.15) is 5.82 Å². The van der Waals surface area contributed by atoms with Crippen molar-refractivity contribution in [1.29, 1.82) is 0 Å². The van der Waals surface area contributed by atoms with Crippen molar-refractivity contribution in [3.8, 4) is 0 Å². The quantitative estimate of drug-likeness (QED) is 0.892. The van der Waals surface area contributed by atoms with Gasteiger partial charge < -0.3 is 10.6 Å². The summed E-state index contributed by atoms with van der Waals surface area (Å²) in [6, 6.07) is 7.46. The van der Waals surface area contributed by atoms with Crippen LogP contribution in [0.25, 0.3) is 0 Å². The van der Waals surface area contributed by atoms with Gasteiger partial charge in [-0.2, -0.15) is 0 Å². The lowest BCUT2D eigenvalue weighted by atomic mass is 10.1. The highest BCUT2D eigenvalue weighted by Gasteiger charge is 2.06. The highest BCUT2D eigenvalue weighted by molar-refractivity contribution is 5.95. The summed E-state index contributed by atoms with van der Waals surface area (Å²) in [6.45, 7) is 4.46. The third kappa shape index (κ3) is 3.32. The van der Waals surface area contributed by atoms with Crippen LogP contribution in [0.1, 0.15) is 27.4 Å². The molecule has 2 aromatic rings. The summed E-state index contributed by atoms with van der Waals surface area (Å²) >= 11 is 0. The fourth-order valence-electron chi connectivity index (χ4n) is 1.89. The van der Waals surface area contributed by atoms with Crippen molar-refractivity contribution >= 4 is 11.6 Å². The highest BCUT2D eigenvalue weighted by Crippen LogP contribution is 2.17. The lowest BCUT2D eigenvalue weighted by molar-refractivity contribution is 0.0963. The zero-order chi connectivity index (χ0) is 14.5. The van der Waals surface area contributed by atoms with E-state index < -0.39 is 0 Å². The van der Waals surface area contributed by atoms with E-state index in [9.17, 15) is 4.79 Å². The minimum absolute atomic E-state index is 0.0917. The normalized spacial score (nSPS) is 10.2. The Kier molecular flexibility index (Phi) is 4.30. The summed E-state index contributed by atoms with van der Waals surface area (Å²) in [6.07, 6.45) is 1.74. The van der Waals surface area contributed by atoms with E-state index in [0.717, 1.165) is 22.8 Å². The number of hydrogen-bond donors (Lipinski definition) is 2. The molecule has 0 saturated carbocycles. The Balaban J connectivity index is 2.14. The molecule has 1 amide bonds. The molecule has 0 atom stereocenters. The summed E-state index contributed by atoms with van der Waals surface area (Å²) in [7, 11) is 1.62. The standard InChI is InChI=1S/C15H18N4O/c1-10-4-5-12(15(20)16-3)8-14(10)18-9-13-6-7-17-11(2)19-13/h4-8,18H,9H2,1-3H3,(H,16,20). The first kappa shape index (κ1) is 14.0. The van der Waals surface area contributed by atoms with Crippen molar-refractivity contribution in [2.75, 3.05) is 12.4 Å². The second kappa shape index (κ2) is 6.14. The van der Waals surface area contributed by atoms with Gasteiger partial charge in [0.15, 0.2) is 0 Å². The number of nitrogens with zero attached hydrogens (tertiary/aromatic N) is 2. The van der Waals surface area contributed by atoms with Crippen molar-refractivity contribution in [2.45, 2.75) is 20.4 Å². The van der Waals surface area contributed by atoms with E-state index in [4.69, 9.17) is 0 Å². The van der Waals surface area contributed by atoms with Crippen molar-refractivity contribution in [1.82, 2.24) is 15.3 Å². The van der Waals surface area contributed by atoms with Crippen molar-refractivity contribution in [3.63, 3.8) is 0 Å². The Bertz CT molecular complexity index is 625. The van der Waals surface area contributed by atoms with Gasteiger partial charge in [0, 0.05) is 24.5 Å². The maximum absolute atomic E-state index is 11.6. The number of benzene rings is 1. The largest absolute Gasteiger partial charge is 0.379 e. The SMILES string of the molecule is CNC(=O)c1ccc(C)c(NCc2ccnc(C)n2)c1. The molecule has 0 radical (unpaired) electrons. The van der Waals surface area contributed by atoms with Crippen molar-refractivity contribution < 1.29 is 4.79 Å². The van der Waals surface area contributed by atoms with Crippen LogP contribution in [0.2, 0.25) is 0 Å². The molecule has 5 heteroatoms. The fraction of sp³-hybridized carbons (Fsp3) is 0.267. The number of carbonyl (C=O) groups is 1. The number of nitrogens with one attached hydrogen (secondary N) is 2. The highest BCUT2D eigenvalue weighted by atomic mass is 16.1. The molecule has 0 aliphatic carbocycles. The van der Waals surface area contributed by atoms with Gasteiger partial charge in [0.05, 0.1) is 12.2 Å². The lowest BCUT2D eigenvalue weighted by Crippen LogP contribution is -2.18. The van der Waals surface area contributed by atoms with Crippen molar-refractivity contribution in [3.05, 3.63) is 53.1 Å². The molecule has 0 spiro atoms. The van der Waals surface area contributed by atoms with Crippen LogP contribution in [0.5, 0.6) is 0 Å². The Morgan fingerprint density at radius 1 is 1.25 bits per heavy atom. The number of rotatable bonds is 4. The first-order valence-electron chi connectivity index (χ1n) is 6.45. The summed E-state index contributed by atoms with van der Waals surface area (Å²) < 4.78 is 0. The average Bonchev–Trinajstić information content (AvgIpc) is 2.45. The lowest BCUT2D eigenvalue weighted by Gasteiger charge is -2.11. The fourth-order valence-corrected chi connectivity index (χ4v) is 1.89. The zero-order valence-corrected chi connectivity index (χ0v) is 11.9. The molecule has 2 N–H and O–H groups in total. The van der Waals surface area contributed by atoms with Gasteiger partial charge in [-0.3, -0.25) is 4.79 Å². The maximum Gasteiger partial charge on any atom is 0.251 e. The van der Waals surface area contributed by atoms with Crippen LogP contribution in [0.3, 0.4) is 0 Å². The molecule has 0 bridgehead atoms. The number of carbonyl (C=O) groups excluding carboxylic acids is 1. The maximum atomic E-state index is 11.6. The third-order valence-electron chi connectivity index (χ3n) is 3.02. The van der Waals surface area contributed by atoms with Crippen LogP contribution < -0.4 is 10.6 Å². The Labute approximate surface area is 118 Å². The predicted molar refractivity (Wildman–Crippen MR) is 78.7 cm³/mol. The molecule has 2 rings (SSSR count). The molecule has 1 aromatic heterocycles. The van der Waals surface area contributed by atoms with E-state index in [1.807, 2.05) is 38.1 Å². The molecule has 0 fully saturated rings. The smallest absolute Gasteiger partial charge is 0.251 e.